The minimum atomic E-state index is -0.331. The first-order valence-electron chi connectivity index (χ1n) is 4.77. The highest BCUT2D eigenvalue weighted by atomic mass is 32.2. The SMILES string of the molecule is COc1cccc(/C=C2\SC(=N)NC2=O)c1O. The van der Waals surface area contributed by atoms with Gasteiger partial charge in [0.25, 0.3) is 5.91 Å². The first-order chi connectivity index (χ1) is 8.11. The second-order valence-electron chi connectivity index (χ2n) is 3.29. The smallest absolute Gasteiger partial charge is 0.264 e. The number of carbonyl (C=O) groups excluding carboxylic acids is 1. The zero-order valence-corrected chi connectivity index (χ0v) is 9.80. The molecule has 1 aliphatic heterocycles. The lowest BCUT2D eigenvalue weighted by atomic mass is 10.1. The van der Waals surface area contributed by atoms with Crippen molar-refractivity contribution in [1.29, 1.82) is 5.41 Å². The van der Waals surface area contributed by atoms with Crippen LogP contribution in [0.1, 0.15) is 5.56 Å². The maximum Gasteiger partial charge on any atom is 0.264 e. The molecule has 1 heterocycles. The van der Waals surface area contributed by atoms with E-state index in [2.05, 4.69) is 5.32 Å². The molecule has 1 aromatic carbocycles. The molecule has 1 fully saturated rings. The molecule has 0 bridgehead atoms. The standard InChI is InChI=1S/C11H10N2O3S/c1-16-7-4-2-3-6(9(7)14)5-8-10(15)13-11(12)17-8/h2-5,14H,1H3,(H2,12,13,15)/b8-5-. The highest BCUT2D eigenvalue weighted by molar-refractivity contribution is 8.18. The third-order valence-corrected chi connectivity index (χ3v) is 3.03. The summed E-state index contributed by atoms with van der Waals surface area (Å²) in [7, 11) is 1.46. The number of rotatable bonds is 2. The molecule has 0 aliphatic carbocycles. The Bertz CT molecular complexity index is 525. The van der Waals surface area contributed by atoms with Crippen LogP contribution in [0, 0.1) is 5.41 Å². The average Bonchev–Trinajstić information content (AvgIpc) is 2.60. The zero-order chi connectivity index (χ0) is 12.4. The van der Waals surface area contributed by atoms with Crippen molar-refractivity contribution in [1.82, 2.24) is 5.32 Å². The molecule has 0 radical (unpaired) electrons. The number of phenols is 1. The van der Waals surface area contributed by atoms with Gasteiger partial charge in [-0.25, -0.2) is 0 Å². The third-order valence-electron chi connectivity index (χ3n) is 2.20. The van der Waals surface area contributed by atoms with Gasteiger partial charge in [-0.2, -0.15) is 0 Å². The number of thioether (sulfide) groups is 1. The summed E-state index contributed by atoms with van der Waals surface area (Å²) in [5.41, 5.74) is 0.483. The van der Waals surface area contributed by atoms with Gasteiger partial charge < -0.3 is 15.2 Å². The molecule has 1 aromatic rings. The first-order valence-corrected chi connectivity index (χ1v) is 5.59. The summed E-state index contributed by atoms with van der Waals surface area (Å²) >= 11 is 1.02. The molecule has 0 spiro atoms. The molecule has 1 amide bonds. The van der Waals surface area contributed by atoms with E-state index in [9.17, 15) is 9.90 Å². The minimum Gasteiger partial charge on any atom is -0.504 e. The molecule has 1 aliphatic rings. The Morgan fingerprint density at radius 3 is 2.88 bits per heavy atom. The van der Waals surface area contributed by atoms with Crippen molar-refractivity contribution in [2.24, 2.45) is 0 Å². The van der Waals surface area contributed by atoms with E-state index < -0.39 is 0 Å². The summed E-state index contributed by atoms with van der Waals surface area (Å²) in [5.74, 6) is -0.00520. The molecular weight excluding hydrogens is 240 g/mol. The average molecular weight is 250 g/mol. The van der Waals surface area contributed by atoms with E-state index in [1.54, 1.807) is 18.2 Å². The van der Waals surface area contributed by atoms with Crippen molar-refractivity contribution >= 4 is 28.9 Å². The fraction of sp³-hybridized carbons (Fsp3) is 0.0909. The summed E-state index contributed by atoms with van der Waals surface area (Å²) in [6.45, 7) is 0. The second-order valence-corrected chi connectivity index (χ2v) is 4.34. The number of amidine groups is 1. The van der Waals surface area contributed by atoms with Crippen LogP contribution in [0.2, 0.25) is 0 Å². The topological polar surface area (TPSA) is 82.4 Å². The van der Waals surface area contributed by atoms with Crippen LogP contribution in [0.15, 0.2) is 23.1 Å². The van der Waals surface area contributed by atoms with Crippen LogP contribution in [-0.4, -0.2) is 23.3 Å². The van der Waals surface area contributed by atoms with Crippen LogP contribution in [0.3, 0.4) is 0 Å². The molecule has 5 nitrogen and oxygen atoms in total. The number of aromatic hydroxyl groups is 1. The van der Waals surface area contributed by atoms with Crippen molar-refractivity contribution in [2.45, 2.75) is 0 Å². The van der Waals surface area contributed by atoms with Gasteiger partial charge in [0.05, 0.1) is 12.0 Å². The summed E-state index contributed by atoms with van der Waals surface area (Å²) in [4.78, 5) is 11.8. The molecule has 0 unspecified atom stereocenters. The van der Waals surface area contributed by atoms with Gasteiger partial charge in [-0.1, -0.05) is 12.1 Å². The number of hydrogen-bond acceptors (Lipinski definition) is 5. The van der Waals surface area contributed by atoms with Gasteiger partial charge >= 0.3 is 0 Å². The van der Waals surface area contributed by atoms with Gasteiger partial charge in [0.15, 0.2) is 16.7 Å². The summed E-state index contributed by atoms with van der Waals surface area (Å²) < 4.78 is 4.97. The normalized spacial score (nSPS) is 17.4. The van der Waals surface area contributed by atoms with Crippen molar-refractivity contribution in [3.63, 3.8) is 0 Å². The van der Waals surface area contributed by atoms with Crippen LogP contribution < -0.4 is 10.1 Å². The molecule has 3 N–H and O–H groups in total. The van der Waals surface area contributed by atoms with Crippen LogP contribution in [0.25, 0.3) is 6.08 Å². The fourth-order valence-corrected chi connectivity index (χ4v) is 2.10. The minimum absolute atomic E-state index is 0.0191. The lowest BCUT2D eigenvalue weighted by molar-refractivity contribution is -0.115. The highest BCUT2D eigenvalue weighted by Crippen LogP contribution is 2.33. The van der Waals surface area contributed by atoms with E-state index >= 15 is 0 Å². The van der Waals surface area contributed by atoms with E-state index in [4.69, 9.17) is 10.1 Å². The Hall–Kier alpha value is -1.95. The van der Waals surface area contributed by atoms with Crippen LogP contribution >= 0.6 is 11.8 Å². The van der Waals surface area contributed by atoms with Gasteiger partial charge in [-0.15, -0.1) is 0 Å². The summed E-state index contributed by atoms with van der Waals surface area (Å²) in [6, 6.07) is 5.01. The summed E-state index contributed by atoms with van der Waals surface area (Å²) in [5, 5.41) is 19.6. The van der Waals surface area contributed by atoms with E-state index in [0.717, 1.165) is 11.8 Å². The van der Waals surface area contributed by atoms with E-state index in [1.807, 2.05) is 0 Å². The monoisotopic (exact) mass is 250 g/mol. The Kier molecular flexibility index (Phi) is 3.06. The van der Waals surface area contributed by atoms with Gasteiger partial charge in [0.2, 0.25) is 0 Å². The van der Waals surface area contributed by atoms with Crippen LogP contribution in [0.5, 0.6) is 11.5 Å². The Labute approximate surface area is 102 Å². The predicted molar refractivity (Wildman–Crippen MR) is 66.1 cm³/mol. The number of para-hydroxylation sites is 1. The molecule has 6 heteroatoms. The number of amides is 1. The number of methoxy groups -OCH3 is 1. The Balaban J connectivity index is 2.39. The fourth-order valence-electron chi connectivity index (χ4n) is 1.40. The van der Waals surface area contributed by atoms with E-state index in [1.165, 1.54) is 13.2 Å². The maximum absolute atomic E-state index is 11.4. The van der Waals surface area contributed by atoms with Crippen molar-refractivity contribution < 1.29 is 14.6 Å². The molecular formula is C11H10N2O3S. The zero-order valence-electron chi connectivity index (χ0n) is 8.98. The molecule has 0 atom stereocenters. The first kappa shape index (κ1) is 11.5. The van der Waals surface area contributed by atoms with Crippen molar-refractivity contribution in [3.05, 3.63) is 28.7 Å². The highest BCUT2D eigenvalue weighted by Gasteiger charge is 2.22. The number of ether oxygens (including phenoxy) is 1. The molecule has 2 rings (SSSR count). The third kappa shape index (κ3) is 2.26. The predicted octanol–water partition coefficient (Wildman–Crippen LogP) is 1.54. The number of nitrogens with one attached hydrogen (secondary N) is 2. The maximum atomic E-state index is 11.4. The Morgan fingerprint density at radius 2 is 2.29 bits per heavy atom. The van der Waals surface area contributed by atoms with E-state index in [0.29, 0.717) is 16.2 Å². The van der Waals surface area contributed by atoms with Crippen molar-refractivity contribution in [2.75, 3.05) is 7.11 Å². The lowest BCUT2D eigenvalue weighted by Crippen LogP contribution is -2.18. The molecule has 88 valence electrons. The van der Waals surface area contributed by atoms with Crippen LogP contribution in [-0.2, 0) is 4.79 Å². The number of carbonyl (C=O) groups is 1. The van der Waals surface area contributed by atoms with Crippen LogP contribution in [0.4, 0.5) is 0 Å². The van der Waals surface area contributed by atoms with Gasteiger partial charge in [-0.05, 0) is 23.9 Å². The van der Waals surface area contributed by atoms with Gasteiger partial charge in [-0.3, -0.25) is 10.2 Å². The molecule has 0 saturated carbocycles. The lowest BCUT2D eigenvalue weighted by Gasteiger charge is -2.05. The van der Waals surface area contributed by atoms with Crippen molar-refractivity contribution in [3.8, 4) is 11.5 Å². The van der Waals surface area contributed by atoms with Gasteiger partial charge in [0.1, 0.15) is 0 Å². The molecule has 17 heavy (non-hydrogen) atoms. The number of hydrogen-bond donors (Lipinski definition) is 3. The largest absolute Gasteiger partial charge is 0.504 e. The molecule has 0 aromatic heterocycles. The molecule has 1 saturated heterocycles. The number of phenolic OH excluding ortho intramolecular Hbond substituents is 1. The Morgan fingerprint density at radius 1 is 1.53 bits per heavy atom. The number of benzene rings is 1. The second kappa shape index (κ2) is 4.50. The summed E-state index contributed by atoms with van der Waals surface area (Å²) in [6.07, 6.45) is 1.53. The van der Waals surface area contributed by atoms with Gasteiger partial charge in [0, 0.05) is 5.56 Å². The van der Waals surface area contributed by atoms with E-state index in [-0.39, 0.29) is 16.8 Å². The quantitative estimate of drug-likeness (QED) is 0.695.